The summed E-state index contributed by atoms with van der Waals surface area (Å²) < 4.78 is 0. The van der Waals surface area contributed by atoms with Crippen LogP contribution >= 0.6 is 0 Å². The van der Waals surface area contributed by atoms with E-state index >= 15 is 0 Å². The number of rotatable bonds is 4. The predicted molar refractivity (Wildman–Crippen MR) is 115 cm³/mol. The number of benzene rings is 1. The average Bonchev–Trinajstić information content (AvgIpc) is 3.22. The van der Waals surface area contributed by atoms with Gasteiger partial charge in [0.05, 0.1) is 30.0 Å². The van der Waals surface area contributed by atoms with Gasteiger partial charge in [0, 0.05) is 38.1 Å². The molecule has 6 nitrogen and oxygen atoms in total. The zero-order valence-corrected chi connectivity index (χ0v) is 17.3. The van der Waals surface area contributed by atoms with Crippen LogP contribution in [0.5, 0.6) is 0 Å². The van der Waals surface area contributed by atoms with Crippen LogP contribution in [-0.4, -0.2) is 66.0 Å². The minimum absolute atomic E-state index is 0.106. The zero-order chi connectivity index (χ0) is 20.4. The van der Waals surface area contributed by atoms with Crippen LogP contribution in [0.15, 0.2) is 30.5 Å². The summed E-state index contributed by atoms with van der Waals surface area (Å²) in [6, 6.07) is 11.1. The number of carbonyl (C=O) groups excluding carboxylic acids is 1. The lowest BCUT2D eigenvalue weighted by Crippen LogP contribution is -2.48. The molecule has 1 aromatic carbocycles. The van der Waals surface area contributed by atoms with Gasteiger partial charge in [0.1, 0.15) is 6.04 Å². The molecule has 0 spiro atoms. The summed E-state index contributed by atoms with van der Waals surface area (Å²) in [6.07, 6.45) is 5.77. The van der Waals surface area contributed by atoms with E-state index in [1.807, 2.05) is 6.20 Å². The molecule has 2 aliphatic heterocycles. The molecule has 1 atom stereocenters. The van der Waals surface area contributed by atoms with Crippen LogP contribution in [0.1, 0.15) is 31.2 Å². The van der Waals surface area contributed by atoms with Crippen molar-refractivity contribution < 1.29 is 4.79 Å². The van der Waals surface area contributed by atoms with Crippen LogP contribution in [0.25, 0.3) is 10.9 Å². The van der Waals surface area contributed by atoms with Crippen molar-refractivity contribution in [1.82, 2.24) is 14.8 Å². The van der Waals surface area contributed by atoms with E-state index in [9.17, 15) is 10.1 Å². The highest BCUT2D eigenvalue weighted by molar-refractivity contribution is 5.82. The Bertz CT molecular complexity index is 929. The highest BCUT2D eigenvalue weighted by atomic mass is 16.2. The van der Waals surface area contributed by atoms with Gasteiger partial charge in [-0.2, -0.15) is 5.26 Å². The number of fused-ring (bicyclic) bond motifs is 1. The van der Waals surface area contributed by atoms with Gasteiger partial charge in [0.25, 0.3) is 0 Å². The van der Waals surface area contributed by atoms with Crippen molar-refractivity contribution >= 4 is 22.5 Å². The number of anilines is 1. The normalized spacial score (nSPS) is 20.7. The summed E-state index contributed by atoms with van der Waals surface area (Å²) in [5, 5.41) is 10.4. The Labute approximate surface area is 172 Å². The molecule has 0 saturated carbocycles. The maximum Gasteiger partial charge on any atom is 0.237 e. The van der Waals surface area contributed by atoms with Crippen LogP contribution in [-0.2, 0) is 4.79 Å². The topological polar surface area (TPSA) is 63.5 Å². The van der Waals surface area contributed by atoms with E-state index in [1.165, 1.54) is 10.9 Å². The molecule has 2 aliphatic rings. The van der Waals surface area contributed by atoms with Gasteiger partial charge < -0.3 is 9.80 Å². The number of amides is 1. The van der Waals surface area contributed by atoms with Crippen LogP contribution in [0.4, 0.5) is 5.69 Å². The minimum atomic E-state index is -0.227. The van der Waals surface area contributed by atoms with Crippen molar-refractivity contribution in [3.8, 4) is 6.07 Å². The SMILES string of the molecule is Cc1ccc2ncc(N(C)C3CCN(CC(=O)N4CCCC4C#N)CC3)cc2c1. The highest BCUT2D eigenvalue weighted by Crippen LogP contribution is 2.25. The molecule has 152 valence electrons. The predicted octanol–water partition coefficient (Wildman–Crippen LogP) is 2.96. The molecule has 29 heavy (non-hydrogen) atoms. The molecule has 6 heteroatoms. The first-order valence-electron chi connectivity index (χ1n) is 10.6. The Morgan fingerprint density at radius 3 is 2.79 bits per heavy atom. The summed E-state index contributed by atoms with van der Waals surface area (Å²) in [5.74, 6) is 0.106. The number of nitrogens with zero attached hydrogens (tertiary/aromatic N) is 5. The molecule has 2 aromatic rings. The van der Waals surface area contributed by atoms with Gasteiger partial charge in [-0.05, 0) is 50.8 Å². The molecule has 0 aliphatic carbocycles. The summed E-state index contributed by atoms with van der Waals surface area (Å²) >= 11 is 0. The average molecular weight is 392 g/mol. The fourth-order valence-electron chi connectivity index (χ4n) is 4.59. The van der Waals surface area contributed by atoms with E-state index in [0.29, 0.717) is 12.6 Å². The van der Waals surface area contributed by atoms with E-state index in [4.69, 9.17) is 0 Å². The van der Waals surface area contributed by atoms with E-state index in [-0.39, 0.29) is 11.9 Å². The number of pyridine rings is 1. The smallest absolute Gasteiger partial charge is 0.237 e. The molecule has 0 N–H and O–H groups in total. The van der Waals surface area contributed by atoms with Crippen molar-refractivity contribution in [2.24, 2.45) is 0 Å². The van der Waals surface area contributed by atoms with Gasteiger partial charge in [-0.1, -0.05) is 11.6 Å². The lowest BCUT2D eigenvalue weighted by molar-refractivity contribution is -0.132. The number of aryl methyl sites for hydroxylation is 1. The van der Waals surface area contributed by atoms with Gasteiger partial charge in [-0.25, -0.2) is 0 Å². The standard InChI is InChI=1S/C23H29N5O/c1-17-5-6-22-18(12-17)13-21(15-25-22)26(2)19-7-10-27(11-8-19)16-23(29)28-9-3-4-20(28)14-24/h5-6,12-13,15,19-20H,3-4,7-11,16H2,1-2H3. The molecular weight excluding hydrogens is 362 g/mol. The first-order chi connectivity index (χ1) is 14.0. The minimum Gasteiger partial charge on any atom is -0.370 e. The lowest BCUT2D eigenvalue weighted by atomic mass is 10.0. The molecular formula is C23H29N5O. The third kappa shape index (κ3) is 4.20. The van der Waals surface area contributed by atoms with Crippen molar-refractivity contribution in [3.05, 3.63) is 36.0 Å². The van der Waals surface area contributed by atoms with Crippen LogP contribution < -0.4 is 4.90 Å². The van der Waals surface area contributed by atoms with Gasteiger partial charge in [0.15, 0.2) is 0 Å². The zero-order valence-electron chi connectivity index (χ0n) is 17.3. The van der Waals surface area contributed by atoms with Crippen LogP contribution in [0, 0.1) is 18.3 Å². The monoisotopic (exact) mass is 391 g/mol. The molecule has 2 saturated heterocycles. The van der Waals surface area contributed by atoms with E-state index < -0.39 is 0 Å². The summed E-state index contributed by atoms with van der Waals surface area (Å²) in [7, 11) is 2.14. The molecule has 0 radical (unpaired) electrons. The van der Waals surface area contributed by atoms with E-state index in [0.717, 1.165) is 56.5 Å². The first-order valence-corrected chi connectivity index (χ1v) is 10.6. The maximum atomic E-state index is 12.6. The largest absolute Gasteiger partial charge is 0.370 e. The van der Waals surface area contributed by atoms with Gasteiger partial charge in [-0.3, -0.25) is 14.7 Å². The van der Waals surface area contributed by atoms with Crippen molar-refractivity contribution in [3.63, 3.8) is 0 Å². The summed E-state index contributed by atoms with van der Waals surface area (Å²) in [4.78, 5) is 23.5. The fraction of sp³-hybridized carbons (Fsp3) is 0.522. The molecule has 1 aromatic heterocycles. The maximum absolute atomic E-state index is 12.6. The first kappa shape index (κ1) is 19.7. The van der Waals surface area contributed by atoms with Crippen molar-refractivity contribution in [2.45, 2.75) is 44.7 Å². The number of aromatic nitrogens is 1. The number of piperidine rings is 1. The molecule has 0 bridgehead atoms. The molecule has 1 unspecified atom stereocenters. The van der Waals surface area contributed by atoms with E-state index in [2.05, 4.69) is 59.1 Å². The second-order valence-corrected chi connectivity index (χ2v) is 8.38. The molecule has 3 heterocycles. The van der Waals surface area contributed by atoms with Gasteiger partial charge in [0.2, 0.25) is 5.91 Å². The van der Waals surface area contributed by atoms with Crippen LogP contribution in [0.2, 0.25) is 0 Å². The Hall–Kier alpha value is -2.65. The Balaban J connectivity index is 1.34. The molecule has 4 rings (SSSR count). The number of nitriles is 1. The highest BCUT2D eigenvalue weighted by Gasteiger charge is 2.31. The number of hydrogen-bond donors (Lipinski definition) is 0. The number of carbonyl (C=O) groups is 1. The van der Waals surface area contributed by atoms with Gasteiger partial charge in [-0.15, -0.1) is 0 Å². The summed E-state index contributed by atoms with van der Waals surface area (Å²) in [5.41, 5.74) is 3.42. The van der Waals surface area contributed by atoms with Crippen LogP contribution in [0.3, 0.4) is 0 Å². The van der Waals surface area contributed by atoms with Crippen molar-refractivity contribution in [2.75, 3.05) is 38.1 Å². The van der Waals surface area contributed by atoms with Gasteiger partial charge >= 0.3 is 0 Å². The number of hydrogen-bond acceptors (Lipinski definition) is 5. The fourth-order valence-corrected chi connectivity index (χ4v) is 4.59. The van der Waals surface area contributed by atoms with Crippen molar-refractivity contribution in [1.29, 1.82) is 5.26 Å². The molecule has 2 fully saturated rings. The summed E-state index contributed by atoms with van der Waals surface area (Å²) in [6.45, 7) is 5.09. The lowest BCUT2D eigenvalue weighted by Gasteiger charge is -2.38. The second-order valence-electron chi connectivity index (χ2n) is 8.38. The Morgan fingerprint density at radius 2 is 2.03 bits per heavy atom. The molecule has 1 amide bonds. The number of likely N-dealkylation sites (tertiary alicyclic amines) is 2. The Morgan fingerprint density at radius 1 is 1.24 bits per heavy atom. The Kier molecular flexibility index (Phi) is 5.68. The quantitative estimate of drug-likeness (QED) is 0.802. The van der Waals surface area contributed by atoms with E-state index in [1.54, 1.807) is 4.90 Å². The second kappa shape index (κ2) is 8.38. The third-order valence-corrected chi connectivity index (χ3v) is 6.42. The third-order valence-electron chi connectivity index (χ3n) is 6.42.